The van der Waals surface area contributed by atoms with Crippen molar-refractivity contribution in [2.45, 2.75) is 104 Å². The summed E-state index contributed by atoms with van der Waals surface area (Å²) in [6, 6.07) is 8.72. The van der Waals surface area contributed by atoms with Crippen LogP contribution in [0, 0.1) is 0 Å². The van der Waals surface area contributed by atoms with Crippen LogP contribution < -0.4 is 5.73 Å². The molecule has 2 N–H and O–H groups in total. The molecule has 29 heavy (non-hydrogen) atoms. The molecule has 3 nitrogen and oxygen atoms in total. The summed E-state index contributed by atoms with van der Waals surface area (Å²) < 4.78 is 0. The zero-order valence-corrected chi connectivity index (χ0v) is 20.3. The lowest BCUT2D eigenvalue weighted by Gasteiger charge is -2.32. The molecule has 0 aliphatic heterocycles. The lowest BCUT2D eigenvalue weighted by atomic mass is 9.73. The zero-order valence-electron chi connectivity index (χ0n) is 20.3. The molecule has 0 aliphatic carbocycles. The van der Waals surface area contributed by atoms with E-state index >= 15 is 0 Å². The standard InChI is InChI=1S/C26H41N3/c1-23(2,3)18-11-13-21(28-17-18)26(9,10)16-15-25(7,8)19-12-14-20(24(4,5)6)29-22(19)27/h11-14,17H,15-16H2,1-10H3,(H2,27,29). The Bertz CT molecular complexity index is 832. The molecule has 160 valence electrons. The normalized spacial score (nSPS) is 13.6. The molecule has 0 saturated carbocycles. The molecule has 2 aromatic heterocycles. The number of hydrogen-bond donors (Lipinski definition) is 1. The highest BCUT2D eigenvalue weighted by Gasteiger charge is 2.30. The molecule has 0 radical (unpaired) electrons. The molecular formula is C26H41N3. The summed E-state index contributed by atoms with van der Waals surface area (Å²) >= 11 is 0. The van der Waals surface area contributed by atoms with E-state index in [0.717, 1.165) is 29.8 Å². The Hall–Kier alpha value is -1.90. The number of anilines is 1. The average molecular weight is 396 g/mol. The predicted molar refractivity (Wildman–Crippen MR) is 126 cm³/mol. The smallest absolute Gasteiger partial charge is 0.127 e. The fraction of sp³-hybridized carbons (Fsp3) is 0.615. The molecule has 0 atom stereocenters. The SMILES string of the molecule is CC(C)(C)c1ccc(C(C)(C)CCC(C)(C)c2ccc(C(C)(C)C)nc2N)nc1. The summed E-state index contributed by atoms with van der Waals surface area (Å²) in [5.41, 5.74) is 11.1. The van der Waals surface area contributed by atoms with Gasteiger partial charge in [-0.2, -0.15) is 0 Å². The number of nitrogen functional groups attached to an aromatic ring is 1. The Balaban J connectivity index is 2.18. The second-order valence-corrected chi connectivity index (χ2v) is 11.8. The first-order chi connectivity index (χ1) is 13.0. The van der Waals surface area contributed by atoms with E-state index in [0.29, 0.717) is 5.82 Å². The average Bonchev–Trinajstić information content (AvgIpc) is 2.58. The van der Waals surface area contributed by atoms with Crippen molar-refractivity contribution in [2.24, 2.45) is 0 Å². The molecular weight excluding hydrogens is 354 g/mol. The fourth-order valence-electron chi connectivity index (χ4n) is 3.59. The second-order valence-electron chi connectivity index (χ2n) is 11.8. The number of nitrogens with two attached hydrogens (primary N) is 1. The van der Waals surface area contributed by atoms with Gasteiger partial charge in [-0.3, -0.25) is 4.98 Å². The number of hydrogen-bond acceptors (Lipinski definition) is 3. The van der Waals surface area contributed by atoms with Crippen LogP contribution >= 0.6 is 0 Å². The van der Waals surface area contributed by atoms with Crippen LogP contribution in [0.4, 0.5) is 5.82 Å². The molecule has 0 aromatic carbocycles. The van der Waals surface area contributed by atoms with Crippen LogP contribution in [0.2, 0.25) is 0 Å². The first kappa shape index (κ1) is 23.4. The highest BCUT2D eigenvalue weighted by molar-refractivity contribution is 5.46. The quantitative estimate of drug-likeness (QED) is 0.613. The van der Waals surface area contributed by atoms with E-state index in [2.05, 4.69) is 93.5 Å². The van der Waals surface area contributed by atoms with Gasteiger partial charge in [0.25, 0.3) is 0 Å². The number of aromatic nitrogens is 2. The van der Waals surface area contributed by atoms with Gasteiger partial charge < -0.3 is 5.73 Å². The molecule has 2 rings (SSSR count). The lowest BCUT2D eigenvalue weighted by molar-refractivity contribution is 0.368. The van der Waals surface area contributed by atoms with Crippen molar-refractivity contribution >= 4 is 5.82 Å². The topological polar surface area (TPSA) is 51.8 Å². The molecule has 3 heteroatoms. The van der Waals surface area contributed by atoms with Gasteiger partial charge in [0.05, 0.1) is 0 Å². The third-order valence-corrected chi connectivity index (χ3v) is 6.12. The maximum Gasteiger partial charge on any atom is 0.127 e. The first-order valence-corrected chi connectivity index (χ1v) is 10.8. The number of nitrogens with zero attached hydrogens (tertiary/aromatic N) is 2. The summed E-state index contributed by atoms with van der Waals surface area (Å²) in [5, 5.41) is 0. The zero-order chi connectivity index (χ0) is 22.3. The van der Waals surface area contributed by atoms with Gasteiger partial charge in [-0.25, -0.2) is 4.98 Å². The van der Waals surface area contributed by atoms with Crippen LogP contribution in [0.25, 0.3) is 0 Å². The van der Waals surface area contributed by atoms with E-state index in [-0.39, 0.29) is 21.7 Å². The Morgan fingerprint density at radius 1 is 0.690 bits per heavy atom. The monoisotopic (exact) mass is 395 g/mol. The van der Waals surface area contributed by atoms with Gasteiger partial charge in [0, 0.05) is 28.4 Å². The van der Waals surface area contributed by atoms with Crippen LogP contribution in [0.3, 0.4) is 0 Å². The molecule has 0 saturated heterocycles. The first-order valence-electron chi connectivity index (χ1n) is 10.8. The molecule has 0 spiro atoms. The third kappa shape index (κ3) is 5.58. The van der Waals surface area contributed by atoms with Crippen molar-refractivity contribution in [1.82, 2.24) is 9.97 Å². The van der Waals surface area contributed by atoms with Gasteiger partial charge in [-0.1, -0.05) is 81.4 Å². The molecule has 0 aliphatic rings. The minimum Gasteiger partial charge on any atom is -0.383 e. The Morgan fingerprint density at radius 2 is 1.24 bits per heavy atom. The van der Waals surface area contributed by atoms with Gasteiger partial charge in [0.1, 0.15) is 5.82 Å². The van der Waals surface area contributed by atoms with Crippen molar-refractivity contribution in [3.05, 3.63) is 53.0 Å². The van der Waals surface area contributed by atoms with Crippen molar-refractivity contribution < 1.29 is 0 Å². The summed E-state index contributed by atoms with van der Waals surface area (Å²) in [4.78, 5) is 9.52. The van der Waals surface area contributed by atoms with Crippen LogP contribution in [-0.4, -0.2) is 9.97 Å². The minimum atomic E-state index is -0.0455. The second kappa shape index (κ2) is 7.74. The lowest BCUT2D eigenvalue weighted by Crippen LogP contribution is -2.27. The van der Waals surface area contributed by atoms with Crippen LogP contribution in [-0.2, 0) is 21.7 Å². The van der Waals surface area contributed by atoms with E-state index in [1.807, 2.05) is 6.20 Å². The van der Waals surface area contributed by atoms with Gasteiger partial charge in [-0.15, -0.1) is 0 Å². The highest BCUT2D eigenvalue weighted by Crippen LogP contribution is 2.38. The van der Waals surface area contributed by atoms with Crippen molar-refractivity contribution in [3.63, 3.8) is 0 Å². The largest absolute Gasteiger partial charge is 0.383 e. The summed E-state index contributed by atoms with van der Waals surface area (Å²) in [5.74, 6) is 0.660. The Labute approximate surface area is 178 Å². The van der Waals surface area contributed by atoms with Crippen molar-refractivity contribution in [1.29, 1.82) is 0 Å². The van der Waals surface area contributed by atoms with E-state index in [1.54, 1.807) is 0 Å². The summed E-state index contributed by atoms with van der Waals surface area (Å²) in [7, 11) is 0. The van der Waals surface area contributed by atoms with E-state index in [9.17, 15) is 0 Å². The predicted octanol–water partition coefficient (Wildman–Crippen LogP) is 6.69. The number of pyridine rings is 2. The van der Waals surface area contributed by atoms with Crippen LogP contribution in [0.15, 0.2) is 30.5 Å². The molecule has 0 fully saturated rings. The Kier molecular flexibility index (Phi) is 6.24. The van der Waals surface area contributed by atoms with Crippen molar-refractivity contribution in [3.8, 4) is 0 Å². The van der Waals surface area contributed by atoms with Crippen LogP contribution in [0.1, 0.15) is 105 Å². The fourth-order valence-corrected chi connectivity index (χ4v) is 3.59. The number of rotatable bonds is 5. The van der Waals surface area contributed by atoms with Gasteiger partial charge >= 0.3 is 0 Å². The van der Waals surface area contributed by atoms with E-state index < -0.39 is 0 Å². The van der Waals surface area contributed by atoms with E-state index in [1.165, 1.54) is 5.56 Å². The van der Waals surface area contributed by atoms with Gasteiger partial charge in [-0.05, 0) is 46.9 Å². The minimum absolute atomic E-state index is 0.00122. The molecule has 2 heterocycles. The van der Waals surface area contributed by atoms with Crippen LogP contribution in [0.5, 0.6) is 0 Å². The van der Waals surface area contributed by atoms with Gasteiger partial charge in [0.15, 0.2) is 0 Å². The van der Waals surface area contributed by atoms with E-state index in [4.69, 9.17) is 15.7 Å². The maximum atomic E-state index is 6.39. The molecule has 2 aromatic rings. The molecule has 0 amide bonds. The third-order valence-electron chi connectivity index (χ3n) is 6.12. The Morgan fingerprint density at radius 3 is 1.69 bits per heavy atom. The van der Waals surface area contributed by atoms with Gasteiger partial charge in [0.2, 0.25) is 0 Å². The summed E-state index contributed by atoms with van der Waals surface area (Å²) in [6.45, 7) is 22.3. The maximum absolute atomic E-state index is 6.39. The highest BCUT2D eigenvalue weighted by atomic mass is 14.9. The summed E-state index contributed by atoms with van der Waals surface area (Å²) in [6.07, 6.45) is 4.08. The van der Waals surface area contributed by atoms with Crippen molar-refractivity contribution in [2.75, 3.05) is 5.73 Å². The molecule has 0 bridgehead atoms. The molecule has 0 unspecified atom stereocenters.